The van der Waals surface area contributed by atoms with E-state index in [1.54, 1.807) is 6.07 Å². The molecule has 2 aromatic carbocycles. The number of hydrogen-bond donors (Lipinski definition) is 1. The summed E-state index contributed by atoms with van der Waals surface area (Å²) in [5.41, 5.74) is 2.15. The van der Waals surface area contributed by atoms with Gasteiger partial charge in [-0.2, -0.15) is 0 Å². The zero-order chi connectivity index (χ0) is 14.8. The highest BCUT2D eigenvalue weighted by Crippen LogP contribution is 2.30. The number of halogens is 2. The maximum Gasteiger partial charge on any atom is 0.124 e. The second kappa shape index (κ2) is 6.07. The Morgan fingerprint density at radius 2 is 1.90 bits per heavy atom. The summed E-state index contributed by atoms with van der Waals surface area (Å²) in [4.78, 5) is 4.34. The molecule has 0 aliphatic carbocycles. The quantitative estimate of drug-likeness (QED) is 0.673. The van der Waals surface area contributed by atoms with Gasteiger partial charge >= 0.3 is 0 Å². The van der Waals surface area contributed by atoms with Crippen molar-refractivity contribution in [3.63, 3.8) is 0 Å². The van der Waals surface area contributed by atoms with Crippen molar-refractivity contribution in [2.45, 2.75) is 6.04 Å². The van der Waals surface area contributed by atoms with Crippen molar-refractivity contribution in [1.82, 2.24) is 10.3 Å². The first-order chi connectivity index (χ1) is 10.2. The Morgan fingerprint density at radius 1 is 1.10 bits per heavy atom. The van der Waals surface area contributed by atoms with Crippen molar-refractivity contribution >= 4 is 33.4 Å². The first kappa shape index (κ1) is 14.4. The van der Waals surface area contributed by atoms with Crippen molar-refractivity contribution in [3.05, 3.63) is 75.4 Å². The number of nitrogens with zero attached hydrogens (tertiary/aromatic N) is 1. The van der Waals surface area contributed by atoms with Gasteiger partial charge in [0.15, 0.2) is 0 Å². The van der Waals surface area contributed by atoms with Crippen molar-refractivity contribution < 1.29 is 4.39 Å². The Morgan fingerprint density at radius 3 is 2.67 bits per heavy atom. The van der Waals surface area contributed by atoms with Crippen LogP contribution in [0.3, 0.4) is 0 Å². The van der Waals surface area contributed by atoms with E-state index < -0.39 is 0 Å². The van der Waals surface area contributed by atoms with Crippen LogP contribution in [0.25, 0.3) is 10.8 Å². The Bertz CT molecular complexity index is 783. The molecular weight excluding hydrogens is 378 g/mol. The molecule has 2 nitrogen and oxygen atoms in total. The Kier molecular flexibility index (Phi) is 4.17. The molecule has 4 heteroatoms. The summed E-state index contributed by atoms with van der Waals surface area (Å²) >= 11 is 2.17. The van der Waals surface area contributed by atoms with Crippen LogP contribution < -0.4 is 5.32 Å². The van der Waals surface area contributed by atoms with Gasteiger partial charge in [0.2, 0.25) is 0 Å². The van der Waals surface area contributed by atoms with Gasteiger partial charge in [-0.15, -0.1) is 0 Å². The van der Waals surface area contributed by atoms with Crippen molar-refractivity contribution in [3.8, 4) is 0 Å². The molecule has 1 unspecified atom stereocenters. The molecule has 1 aromatic heterocycles. The number of hydrogen-bond acceptors (Lipinski definition) is 2. The molecule has 0 saturated carbocycles. The van der Waals surface area contributed by atoms with E-state index in [1.807, 2.05) is 43.7 Å². The van der Waals surface area contributed by atoms with Gasteiger partial charge in [0.1, 0.15) is 5.82 Å². The molecule has 0 aliphatic rings. The van der Waals surface area contributed by atoms with Crippen LogP contribution in [0.2, 0.25) is 0 Å². The molecule has 106 valence electrons. The summed E-state index contributed by atoms with van der Waals surface area (Å²) in [6, 6.07) is 13.0. The Hall–Kier alpha value is -1.53. The summed E-state index contributed by atoms with van der Waals surface area (Å²) in [6.07, 6.45) is 3.74. The molecule has 3 aromatic rings. The lowest BCUT2D eigenvalue weighted by Crippen LogP contribution is -2.19. The summed E-state index contributed by atoms with van der Waals surface area (Å²) in [5.74, 6) is -0.214. The predicted molar refractivity (Wildman–Crippen MR) is 91.8 cm³/mol. The molecule has 1 heterocycles. The fraction of sp³-hybridized carbons (Fsp3) is 0.118. The smallest absolute Gasteiger partial charge is 0.124 e. The number of fused-ring (bicyclic) bond motifs is 1. The van der Waals surface area contributed by atoms with E-state index in [-0.39, 0.29) is 11.9 Å². The van der Waals surface area contributed by atoms with Crippen LogP contribution in [0.5, 0.6) is 0 Å². The van der Waals surface area contributed by atoms with Crippen LogP contribution in [0.4, 0.5) is 4.39 Å². The van der Waals surface area contributed by atoms with Gasteiger partial charge in [-0.05, 0) is 58.3 Å². The van der Waals surface area contributed by atoms with E-state index in [9.17, 15) is 4.39 Å². The molecule has 3 rings (SSSR count). The molecular formula is C17H14FIN2. The maximum absolute atomic E-state index is 13.3. The van der Waals surface area contributed by atoms with E-state index in [1.165, 1.54) is 6.07 Å². The highest BCUT2D eigenvalue weighted by Gasteiger charge is 2.18. The second-order valence-electron chi connectivity index (χ2n) is 4.84. The number of aromatic nitrogens is 1. The van der Waals surface area contributed by atoms with Gasteiger partial charge in [0.25, 0.3) is 0 Å². The fourth-order valence-corrected chi connectivity index (χ4v) is 3.37. The summed E-state index contributed by atoms with van der Waals surface area (Å²) in [6.45, 7) is 0. The van der Waals surface area contributed by atoms with Crippen molar-refractivity contribution in [2.75, 3.05) is 7.05 Å². The maximum atomic E-state index is 13.3. The minimum atomic E-state index is -0.214. The first-order valence-electron chi connectivity index (χ1n) is 6.65. The molecule has 0 aliphatic heterocycles. The Balaban J connectivity index is 2.18. The van der Waals surface area contributed by atoms with E-state index in [0.29, 0.717) is 0 Å². The molecule has 21 heavy (non-hydrogen) atoms. The minimum Gasteiger partial charge on any atom is -0.309 e. The summed E-state index contributed by atoms with van der Waals surface area (Å²) < 4.78 is 14.2. The molecule has 0 amide bonds. The van der Waals surface area contributed by atoms with Crippen molar-refractivity contribution in [2.24, 2.45) is 0 Å². The average Bonchev–Trinajstić information content (AvgIpc) is 2.50. The molecule has 0 bridgehead atoms. The third-order valence-electron chi connectivity index (χ3n) is 3.57. The highest BCUT2D eigenvalue weighted by atomic mass is 127. The minimum absolute atomic E-state index is 0.0175. The topological polar surface area (TPSA) is 24.9 Å². The Labute approximate surface area is 136 Å². The van der Waals surface area contributed by atoms with E-state index in [2.05, 4.69) is 39.0 Å². The normalized spacial score (nSPS) is 12.5. The van der Waals surface area contributed by atoms with Crippen LogP contribution >= 0.6 is 22.6 Å². The lowest BCUT2D eigenvalue weighted by Gasteiger charge is -2.20. The summed E-state index contributed by atoms with van der Waals surface area (Å²) in [5, 5.41) is 5.58. The van der Waals surface area contributed by atoms with Gasteiger partial charge in [-0.3, -0.25) is 4.98 Å². The third kappa shape index (κ3) is 2.78. The van der Waals surface area contributed by atoms with Gasteiger partial charge in [-0.1, -0.05) is 30.3 Å². The SMILES string of the molecule is CNC(c1ccc(F)cc1I)c1cncc2ccccc12. The first-order valence-corrected chi connectivity index (χ1v) is 7.73. The van der Waals surface area contributed by atoms with Crippen molar-refractivity contribution in [1.29, 1.82) is 0 Å². The summed E-state index contributed by atoms with van der Waals surface area (Å²) in [7, 11) is 1.91. The van der Waals surface area contributed by atoms with E-state index in [4.69, 9.17) is 0 Å². The average molecular weight is 392 g/mol. The van der Waals surface area contributed by atoms with Crippen LogP contribution in [0.15, 0.2) is 54.9 Å². The van der Waals surface area contributed by atoms with Crippen LogP contribution in [-0.2, 0) is 0 Å². The largest absolute Gasteiger partial charge is 0.309 e. The fourth-order valence-electron chi connectivity index (χ4n) is 2.58. The number of pyridine rings is 1. The van der Waals surface area contributed by atoms with Gasteiger partial charge in [0.05, 0.1) is 6.04 Å². The zero-order valence-corrected chi connectivity index (χ0v) is 13.6. The molecule has 0 spiro atoms. The molecule has 0 fully saturated rings. The zero-order valence-electron chi connectivity index (χ0n) is 11.5. The number of rotatable bonds is 3. The number of nitrogens with one attached hydrogen (secondary N) is 1. The van der Waals surface area contributed by atoms with Gasteiger partial charge in [0, 0.05) is 21.4 Å². The highest BCUT2D eigenvalue weighted by molar-refractivity contribution is 14.1. The molecule has 0 radical (unpaired) electrons. The lowest BCUT2D eigenvalue weighted by atomic mass is 9.96. The third-order valence-corrected chi connectivity index (χ3v) is 4.51. The second-order valence-corrected chi connectivity index (χ2v) is 6.00. The van der Waals surface area contributed by atoms with Gasteiger partial charge in [-0.25, -0.2) is 4.39 Å². The van der Waals surface area contributed by atoms with E-state index in [0.717, 1.165) is 25.5 Å². The number of benzene rings is 2. The van der Waals surface area contributed by atoms with Crippen LogP contribution in [-0.4, -0.2) is 12.0 Å². The van der Waals surface area contributed by atoms with Crippen LogP contribution in [0, 0.1) is 9.39 Å². The molecule has 0 saturated heterocycles. The lowest BCUT2D eigenvalue weighted by molar-refractivity contribution is 0.621. The standard InChI is InChI=1S/C17H14FIN2/c1-20-17(14-7-6-12(18)8-16(14)19)15-10-21-9-11-4-2-3-5-13(11)15/h2-10,17,20H,1H3. The molecule has 1 atom stereocenters. The van der Waals surface area contributed by atoms with Crippen LogP contribution in [0.1, 0.15) is 17.2 Å². The van der Waals surface area contributed by atoms with E-state index >= 15 is 0 Å². The van der Waals surface area contributed by atoms with Gasteiger partial charge < -0.3 is 5.32 Å². The predicted octanol–water partition coefficient (Wildman–Crippen LogP) is 4.29. The molecule has 1 N–H and O–H groups in total. The monoisotopic (exact) mass is 392 g/mol.